The molecule has 0 bridgehead atoms. The van der Waals surface area contributed by atoms with Crippen LogP contribution in [-0.4, -0.2) is 31.7 Å². The molecule has 0 aliphatic rings. The number of nitrogens with two attached hydrogens (primary N) is 1. The highest BCUT2D eigenvalue weighted by molar-refractivity contribution is 5.90. The Morgan fingerprint density at radius 2 is 1.84 bits per heavy atom. The number of aryl methyl sites for hydroxylation is 1. The van der Waals surface area contributed by atoms with E-state index < -0.39 is 0 Å². The Kier molecular flexibility index (Phi) is 3.53. The van der Waals surface area contributed by atoms with Gasteiger partial charge in [0.25, 0.3) is 0 Å². The largest absolute Gasteiger partial charge is 0.481 e. The zero-order valence-corrected chi connectivity index (χ0v) is 13.8. The van der Waals surface area contributed by atoms with Gasteiger partial charge in [0.1, 0.15) is 6.33 Å². The van der Waals surface area contributed by atoms with Crippen LogP contribution in [0.1, 0.15) is 5.69 Å². The minimum absolute atomic E-state index is 0.334. The Bertz CT molecular complexity index is 1060. The summed E-state index contributed by atoms with van der Waals surface area (Å²) in [6, 6.07) is 13.7. The molecule has 0 fully saturated rings. The summed E-state index contributed by atoms with van der Waals surface area (Å²) in [5, 5.41) is 8.25. The van der Waals surface area contributed by atoms with Crippen molar-refractivity contribution in [3.05, 3.63) is 54.5 Å². The minimum Gasteiger partial charge on any atom is -0.481 e. The van der Waals surface area contributed by atoms with Gasteiger partial charge in [-0.3, -0.25) is 4.40 Å². The molecule has 0 spiro atoms. The number of rotatable bonds is 3. The number of anilines is 1. The highest BCUT2D eigenvalue weighted by Crippen LogP contribution is 2.35. The molecule has 4 aromatic rings. The molecule has 7 nitrogen and oxygen atoms in total. The maximum absolute atomic E-state index is 6.11. The summed E-state index contributed by atoms with van der Waals surface area (Å²) >= 11 is 0. The first-order valence-electron chi connectivity index (χ1n) is 7.75. The highest BCUT2D eigenvalue weighted by atomic mass is 16.5. The zero-order valence-electron chi connectivity index (χ0n) is 13.8. The van der Waals surface area contributed by atoms with Gasteiger partial charge in [0.05, 0.1) is 18.4 Å². The summed E-state index contributed by atoms with van der Waals surface area (Å²) in [5.74, 6) is 0.865. The van der Waals surface area contributed by atoms with Crippen LogP contribution in [0.15, 0.2) is 48.8 Å². The van der Waals surface area contributed by atoms with Crippen LogP contribution in [0.5, 0.6) is 5.88 Å². The third kappa shape index (κ3) is 2.55. The molecule has 124 valence electrons. The fraction of sp³-hybridized carbons (Fsp3) is 0.111. The summed E-state index contributed by atoms with van der Waals surface area (Å²) in [5.41, 5.74) is 11.0. The normalized spacial score (nSPS) is 11.0. The standard InChI is InChI=1S/C18H16N6O/c1-11-8-13(9-14(21-11)25-2)15-16(12-6-4-3-5-7-12)22-18(19)24-10-20-23-17(15)24/h3-10H,1-2H3,(H2,19,22). The lowest BCUT2D eigenvalue weighted by atomic mass is 10.00. The van der Waals surface area contributed by atoms with Crippen molar-refractivity contribution in [2.45, 2.75) is 6.92 Å². The molecule has 25 heavy (non-hydrogen) atoms. The second-order valence-corrected chi connectivity index (χ2v) is 5.62. The number of pyridine rings is 1. The average molecular weight is 332 g/mol. The number of methoxy groups -OCH3 is 1. The number of nitrogen functional groups attached to an aromatic ring is 1. The molecule has 0 saturated heterocycles. The zero-order chi connectivity index (χ0) is 17.4. The summed E-state index contributed by atoms with van der Waals surface area (Å²) in [4.78, 5) is 8.96. The summed E-state index contributed by atoms with van der Waals surface area (Å²) in [6.07, 6.45) is 1.56. The third-order valence-electron chi connectivity index (χ3n) is 3.96. The molecule has 4 rings (SSSR count). The molecular formula is C18H16N6O. The molecule has 0 aliphatic carbocycles. The second kappa shape index (κ2) is 5.86. The Labute approximate surface area is 144 Å². The Balaban J connectivity index is 2.10. The number of hydrogen-bond acceptors (Lipinski definition) is 6. The molecular weight excluding hydrogens is 316 g/mol. The Morgan fingerprint density at radius 3 is 2.60 bits per heavy atom. The van der Waals surface area contributed by atoms with Crippen molar-refractivity contribution in [2.24, 2.45) is 0 Å². The number of hydrogen-bond donors (Lipinski definition) is 1. The number of fused-ring (bicyclic) bond motifs is 1. The van der Waals surface area contributed by atoms with E-state index in [1.807, 2.05) is 49.4 Å². The lowest BCUT2D eigenvalue weighted by Crippen LogP contribution is -2.04. The van der Waals surface area contributed by atoms with Gasteiger partial charge in [-0.1, -0.05) is 30.3 Å². The van der Waals surface area contributed by atoms with Crippen LogP contribution in [0.2, 0.25) is 0 Å². The van der Waals surface area contributed by atoms with Crippen molar-refractivity contribution in [3.63, 3.8) is 0 Å². The van der Waals surface area contributed by atoms with Crippen LogP contribution < -0.4 is 10.5 Å². The first-order valence-corrected chi connectivity index (χ1v) is 7.75. The molecule has 0 radical (unpaired) electrons. The van der Waals surface area contributed by atoms with Gasteiger partial charge in [-0.2, -0.15) is 0 Å². The summed E-state index contributed by atoms with van der Waals surface area (Å²) < 4.78 is 6.99. The second-order valence-electron chi connectivity index (χ2n) is 5.62. The van der Waals surface area contributed by atoms with E-state index in [2.05, 4.69) is 20.2 Å². The van der Waals surface area contributed by atoms with E-state index in [0.717, 1.165) is 28.1 Å². The Hall–Kier alpha value is -3.48. The summed E-state index contributed by atoms with van der Waals surface area (Å²) in [7, 11) is 1.59. The molecule has 7 heteroatoms. The van der Waals surface area contributed by atoms with Gasteiger partial charge < -0.3 is 10.5 Å². The van der Waals surface area contributed by atoms with E-state index in [-0.39, 0.29) is 0 Å². The van der Waals surface area contributed by atoms with Gasteiger partial charge in [-0.15, -0.1) is 10.2 Å². The van der Waals surface area contributed by atoms with Crippen molar-refractivity contribution >= 4 is 11.6 Å². The monoisotopic (exact) mass is 332 g/mol. The topological polar surface area (TPSA) is 91.2 Å². The Morgan fingerprint density at radius 1 is 1.04 bits per heavy atom. The molecule has 0 atom stereocenters. The molecule has 0 saturated carbocycles. The van der Waals surface area contributed by atoms with Crippen LogP contribution in [0.3, 0.4) is 0 Å². The predicted molar refractivity (Wildman–Crippen MR) is 95.2 cm³/mol. The van der Waals surface area contributed by atoms with E-state index in [1.165, 1.54) is 0 Å². The first-order chi connectivity index (χ1) is 12.2. The SMILES string of the molecule is COc1cc(-c2c(-c3ccccc3)nc(N)n3cnnc23)cc(C)n1. The third-order valence-corrected chi connectivity index (χ3v) is 3.96. The smallest absolute Gasteiger partial charge is 0.213 e. The van der Waals surface area contributed by atoms with E-state index >= 15 is 0 Å². The average Bonchev–Trinajstić information content (AvgIpc) is 3.12. The van der Waals surface area contributed by atoms with Gasteiger partial charge >= 0.3 is 0 Å². The van der Waals surface area contributed by atoms with Crippen molar-refractivity contribution in [1.29, 1.82) is 0 Å². The van der Waals surface area contributed by atoms with Crippen LogP contribution in [0.4, 0.5) is 5.95 Å². The maximum Gasteiger partial charge on any atom is 0.213 e. The molecule has 0 aliphatic heterocycles. The van der Waals surface area contributed by atoms with E-state index in [1.54, 1.807) is 17.8 Å². The lowest BCUT2D eigenvalue weighted by molar-refractivity contribution is 0.397. The lowest BCUT2D eigenvalue weighted by Gasteiger charge is -2.13. The van der Waals surface area contributed by atoms with Gasteiger partial charge in [0, 0.05) is 17.3 Å². The molecule has 0 amide bonds. The highest BCUT2D eigenvalue weighted by Gasteiger charge is 2.19. The predicted octanol–water partition coefficient (Wildman–Crippen LogP) is 2.75. The van der Waals surface area contributed by atoms with Crippen LogP contribution in [-0.2, 0) is 0 Å². The first kappa shape index (κ1) is 15.1. The van der Waals surface area contributed by atoms with Crippen LogP contribution in [0, 0.1) is 6.92 Å². The fourth-order valence-corrected chi connectivity index (χ4v) is 2.86. The van der Waals surface area contributed by atoms with Gasteiger partial charge in [0.15, 0.2) is 5.65 Å². The number of benzene rings is 1. The van der Waals surface area contributed by atoms with Crippen molar-refractivity contribution in [1.82, 2.24) is 24.6 Å². The van der Waals surface area contributed by atoms with Crippen molar-refractivity contribution in [3.8, 4) is 28.3 Å². The number of nitrogens with zero attached hydrogens (tertiary/aromatic N) is 5. The molecule has 0 unspecified atom stereocenters. The van der Waals surface area contributed by atoms with E-state index in [4.69, 9.17) is 10.5 Å². The van der Waals surface area contributed by atoms with Crippen LogP contribution in [0.25, 0.3) is 28.0 Å². The van der Waals surface area contributed by atoms with E-state index in [9.17, 15) is 0 Å². The number of ether oxygens (including phenoxy) is 1. The maximum atomic E-state index is 6.11. The molecule has 1 aromatic carbocycles. The van der Waals surface area contributed by atoms with Crippen molar-refractivity contribution < 1.29 is 4.74 Å². The van der Waals surface area contributed by atoms with Gasteiger partial charge in [-0.05, 0) is 18.6 Å². The number of aromatic nitrogens is 5. The van der Waals surface area contributed by atoms with Gasteiger partial charge in [0.2, 0.25) is 11.8 Å². The quantitative estimate of drug-likeness (QED) is 0.620. The molecule has 2 N–H and O–H groups in total. The van der Waals surface area contributed by atoms with E-state index in [0.29, 0.717) is 17.5 Å². The minimum atomic E-state index is 0.334. The van der Waals surface area contributed by atoms with Gasteiger partial charge in [-0.25, -0.2) is 9.97 Å². The van der Waals surface area contributed by atoms with Crippen LogP contribution >= 0.6 is 0 Å². The summed E-state index contributed by atoms with van der Waals surface area (Å²) in [6.45, 7) is 1.92. The molecule has 3 heterocycles. The molecule has 3 aromatic heterocycles. The fourth-order valence-electron chi connectivity index (χ4n) is 2.86. The van der Waals surface area contributed by atoms with Crippen molar-refractivity contribution in [2.75, 3.05) is 12.8 Å².